The van der Waals surface area contributed by atoms with E-state index in [0.29, 0.717) is 11.7 Å². The van der Waals surface area contributed by atoms with Gasteiger partial charge in [0.05, 0.1) is 22.9 Å². The van der Waals surface area contributed by atoms with Crippen LogP contribution in [0.5, 0.6) is 0 Å². The lowest BCUT2D eigenvalue weighted by molar-refractivity contribution is 0.300. The predicted octanol–water partition coefficient (Wildman–Crippen LogP) is 1.88. The largest absolute Gasteiger partial charge is 0.363 e. The van der Waals surface area contributed by atoms with Crippen LogP contribution in [0, 0.1) is 0 Å². The zero-order valence-corrected chi connectivity index (χ0v) is 14.9. The molecule has 7 heteroatoms. The van der Waals surface area contributed by atoms with E-state index < -0.39 is 0 Å². The van der Waals surface area contributed by atoms with Crippen LogP contribution in [0.25, 0.3) is 0 Å². The average Bonchev–Trinajstić information content (AvgIpc) is 2.76. The first kappa shape index (κ1) is 17.4. The fourth-order valence-corrected chi connectivity index (χ4v) is 2.57. The summed E-state index contributed by atoms with van der Waals surface area (Å²) in [7, 11) is 1.92. The number of thiocarbonyl (C=S) groups is 1. The Labute approximate surface area is 135 Å². The summed E-state index contributed by atoms with van der Waals surface area (Å²) in [6, 6.07) is 0. The number of aromatic nitrogens is 2. The highest BCUT2D eigenvalue weighted by Gasteiger charge is 2.06. The normalized spacial score (nSPS) is 10.8. The van der Waals surface area contributed by atoms with Crippen molar-refractivity contribution in [1.82, 2.24) is 25.3 Å². The summed E-state index contributed by atoms with van der Waals surface area (Å²) in [6.45, 7) is 9.26. The number of halogens is 1. The van der Waals surface area contributed by atoms with Crippen molar-refractivity contribution in [2.45, 2.75) is 26.8 Å². The highest BCUT2D eigenvalue weighted by molar-refractivity contribution is 9.10. The molecule has 0 bridgehead atoms. The van der Waals surface area contributed by atoms with E-state index in [2.05, 4.69) is 50.4 Å². The van der Waals surface area contributed by atoms with Crippen LogP contribution in [0.1, 0.15) is 26.0 Å². The van der Waals surface area contributed by atoms with E-state index in [-0.39, 0.29) is 0 Å². The van der Waals surface area contributed by atoms with Gasteiger partial charge in [0.25, 0.3) is 0 Å². The van der Waals surface area contributed by atoms with Crippen LogP contribution >= 0.6 is 28.1 Å². The van der Waals surface area contributed by atoms with E-state index in [1.807, 2.05) is 11.7 Å². The molecule has 20 heavy (non-hydrogen) atoms. The molecule has 1 aromatic rings. The zero-order chi connectivity index (χ0) is 15.0. The Morgan fingerprint density at radius 3 is 2.65 bits per heavy atom. The molecule has 1 heterocycles. The molecule has 2 N–H and O–H groups in total. The van der Waals surface area contributed by atoms with Crippen LogP contribution in [0.2, 0.25) is 0 Å². The van der Waals surface area contributed by atoms with Crippen molar-refractivity contribution in [1.29, 1.82) is 0 Å². The minimum absolute atomic E-state index is 0.666. The van der Waals surface area contributed by atoms with Crippen LogP contribution in [-0.2, 0) is 13.6 Å². The number of nitrogens with zero attached hydrogens (tertiary/aromatic N) is 3. The molecule has 0 aliphatic carbocycles. The first-order valence-electron chi connectivity index (χ1n) is 6.98. The van der Waals surface area contributed by atoms with Gasteiger partial charge in [0, 0.05) is 13.6 Å². The van der Waals surface area contributed by atoms with Gasteiger partial charge in [-0.15, -0.1) is 0 Å². The van der Waals surface area contributed by atoms with Gasteiger partial charge in [-0.1, -0.05) is 13.8 Å². The van der Waals surface area contributed by atoms with Crippen LogP contribution in [-0.4, -0.2) is 46.0 Å². The molecule has 114 valence electrons. The Bertz CT molecular complexity index is 397. The lowest BCUT2D eigenvalue weighted by Crippen LogP contribution is -2.37. The molecule has 1 rings (SSSR count). The first-order chi connectivity index (χ1) is 9.58. The summed E-state index contributed by atoms with van der Waals surface area (Å²) in [5.74, 6) is 0. The van der Waals surface area contributed by atoms with E-state index in [9.17, 15) is 0 Å². The molecule has 1 aromatic heterocycles. The maximum atomic E-state index is 5.27. The van der Waals surface area contributed by atoms with Gasteiger partial charge in [0.15, 0.2) is 5.11 Å². The van der Waals surface area contributed by atoms with E-state index >= 15 is 0 Å². The molecule has 0 amide bonds. The van der Waals surface area contributed by atoms with Gasteiger partial charge in [-0.2, -0.15) is 5.10 Å². The molecular formula is C13H24BrN5S. The molecule has 5 nitrogen and oxygen atoms in total. The van der Waals surface area contributed by atoms with E-state index in [0.717, 1.165) is 42.8 Å². The van der Waals surface area contributed by atoms with Crippen molar-refractivity contribution >= 4 is 33.3 Å². The summed E-state index contributed by atoms with van der Waals surface area (Å²) in [4.78, 5) is 2.41. The van der Waals surface area contributed by atoms with Gasteiger partial charge in [0.1, 0.15) is 0 Å². The second kappa shape index (κ2) is 9.31. The molecular weight excluding hydrogens is 338 g/mol. The van der Waals surface area contributed by atoms with E-state index in [1.165, 1.54) is 0 Å². The minimum Gasteiger partial charge on any atom is -0.363 e. The minimum atomic E-state index is 0.666. The third-order valence-electron chi connectivity index (χ3n) is 3.26. The van der Waals surface area contributed by atoms with Crippen molar-refractivity contribution in [2.75, 3.05) is 26.2 Å². The molecule has 0 aromatic carbocycles. The monoisotopic (exact) mass is 361 g/mol. The van der Waals surface area contributed by atoms with Crippen LogP contribution in [0.4, 0.5) is 0 Å². The maximum absolute atomic E-state index is 5.27. The smallest absolute Gasteiger partial charge is 0.166 e. The van der Waals surface area contributed by atoms with Gasteiger partial charge in [-0.3, -0.25) is 4.68 Å². The Hall–Kier alpha value is -0.660. The van der Waals surface area contributed by atoms with Gasteiger partial charge in [-0.05, 0) is 54.2 Å². The molecule has 0 saturated carbocycles. The van der Waals surface area contributed by atoms with Crippen molar-refractivity contribution in [3.8, 4) is 0 Å². The molecule has 0 aliphatic heterocycles. The van der Waals surface area contributed by atoms with Crippen molar-refractivity contribution < 1.29 is 0 Å². The predicted molar refractivity (Wildman–Crippen MR) is 90.8 cm³/mol. The average molecular weight is 362 g/mol. The van der Waals surface area contributed by atoms with Crippen molar-refractivity contribution in [2.24, 2.45) is 7.05 Å². The molecule has 0 atom stereocenters. The first-order valence-corrected chi connectivity index (χ1v) is 8.19. The van der Waals surface area contributed by atoms with Gasteiger partial charge < -0.3 is 15.5 Å². The third kappa shape index (κ3) is 5.76. The van der Waals surface area contributed by atoms with Crippen LogP contribution in [0.3, 0.4) is 0 Å². The summed E-state index contributed by atoms with van der Waals surface area (Å²) in [6.07, 6.45) is 2.89. The summed E-state index contributed by atoms with van der Waals surface area (Å²) in [5.41, 5.74) is 1.08. The second-order valence-corrected chi connectivity index (χ2v) is 5.82. The Kier molecular flexibility index (Phi) is 8.09. The molecule has 0 saturated heterocycles. The highest BCUT2D eigenvalue weighted by Crippen LogP contribution is 2.14. The summed E-state index contributed by atoms with van der Waals surface area (Å²) in [5, 5.41) is 11.3. The van der Waals surface area contributed by atoms with Crippen molar-refractivity contribution in [3.05, 3.63) is 16.4 Å². The second-order valence-electron chi connectivity index (χ2n) is 4.55. The number of rotatable bonds is 8. The molecule has 0 aliphatic rings. The van der Waals surface area contributed by atoms with Gasteiger partial charge >= 0.3 is 0 Å². The molecule has 0 fully saturated rings. The number of hydrogen-bond donors (Lipinski definition) is 2. The highest BCUT2D eigenvalue weighted by atomic mass is 79.9. The topological polar surface area (TPSA) is 45.1 Å². The van der Waals surface area contributed by atoms with Crippen LogP contribution in [0.15, 0.2) is 10.7 Å². The van der Waals surface area contributed by atoms with Crippen molar-refractivity contribution in [3.63, 3.8) is 0 Å². The third-order valence-corrected chi connectivity index (χ3v) is 4.21. The number of hydrogen-bond acceptors (Lipinski definition) is 3. The number of nitrogens with one attached hydrogen (secondary N) is 2. The van der Waals surface area contributed by atoms with Gasteiger partial charge in [0.2, 0.25) is 0 Å². The SMILES string of the molecule is CCN(CC)CCCNC(=S)NCc1c(Br)cnn1C. The summed E-state index contributed by atoms with van der Waals surface area (Å²) >= 11 is 8.74. The maximum Gasteiger partial charge on any atom is 0.166 e. The quantitative estimate of drug-likeness (QED) is 0.546. The Balaban J connectivity index is 2.18. The summed E-state index contributed by atoms with van der Waals surface area (Å²) < 4.78 is 2.83. The molecule has 0 unspecified atom stereocenters. The lowest BCUT2D eigenvalue weighted by Gasteiger charge is -2.18. The fraction of sp³-hybridized carbons (Fsp3) is 0.692. The Morgan fingerprint density at radius 1 is 1.40 bits per heavy atom. The molecule has 0 radical (unpaired) electrons. The van der Waals surface area contributed by atoms with E-state index in [4.69, 9.17) is 12.2 Å². The molecule has 0 spiro atoms. The Morgan fingerprint density at radius 2 is 2.10 bits per heavy atom. The number of aryl methyl sites for hydroxylation is 1. The lowest BCUT2D eigenvalue weighted by atomic mass is 10.3. The van der Waals surface area contributed by atoms with Gasteiger partial charge in [-0.25, -0.2) is 0 Å². The van der Waals surface area contributed by atoms with E-state index in [1.54, 1.807) is 6.20 Å². The zero-order valence-electron chi connectivity index (χ0n) is 12.4. The fourth-order valence-electron chi connectivity index (χ4n) is 1.91. The standard InChI is InChI=1S/C13H24BrN5S/c1-4-19(5-2)8-6-7-15-13(20)16-10-12-11(14)9-17-18(12)3/h9H,4-8,10H2,1-3H3,(H2,15,16,20). The van der Waals surface area contributed by atoms with Crippen LogP contribution < -0.4 is 10.6 Å².